The summed E-state index contributed by atoms with van der Waals surface area (Å²) in [5.74, 6) is 0.230. The number of piperidine rings is 2. The van der Waals surface area contributed by atoms with Gasteiger partial charge in [0.25, 0.3) is 5.56 Å². The molecule has 12 heteroatoms. The van der Waals surface area contributed by atoms with Crippen LogP contribution < -0.4 is 5.56 Å². The molecule has 45 heavy (non-hydrogen) atoms. The molecule has 0 radical (unpaired) electrons. The fourth-order valence-corrected chi connectivity index (χ4v) is 6.51. The van der Waals surface area contributed by atoms with Gasteiger partial charge in [-0.1, -0.05) is 30.3 Å². The lowest BCUT2D eigenvalue weighted by molar-refractivity contribution is -0.142. The van der Waals surface area contributed by atoms with E-state index < -0.39 is 11.2 Å². The molecule has 0 aliphatic carbocycles. The van der Waals surface area contributed by atoms with Gasteiger partial charge in [0, 0.05) is 57.5 Å². The molecule has 4 aromatic rings. The lowest BCUT2D eigenvalue weighted by Crippen LogP contribution is -2.53. The van der Waals surface area contributed by atoms with Crippen LogP contribution >= 0.6 is 0 Å². The number of aliphatic hydroxyl groups is 1. The molecular formula is C33H41N7O5. The smallest absolute Gasteiger partial charge is 0.410 e. The minimum Gasteiger partial charge on any atom is -0.444 e. The minimum atomic E-state index is -1.15. The Bertz CT molecular complexity index is 1740. The van der Waals surface area contributed by atoms with Crippen LogP contribution in [0.3, 0.4) is 0 Å². The third-order valence-corrected chi connectivity index (χ3v) is 8.89. The van der Waals surface area contributed by atoms with Gasteiger partial charge in [0.2, 0.25) is 5.91 Å². The predicted molar refractivity (Wildman–Crippen MR) is 168 cm³/mol. The van der Waals surface area contributed by atoms with Gasteiger partial charge in [0.1, 0.15) is 11.9 Å². The lowest BCUT2D eigenvalue weighted by atomic mass is 9.79. The van der Waals surface area contributed by atoms with Crippen LogP contribution in [0.4, 0.5) is 4.79 Å². The van der Waals surface area contributed by atoms with Crippen molar-refractivity contribution in [2.24, 2.45) is 13.0 Å². The third kappa shape index (κ3) is 6.37. The number of benzene rings is 1. The standard InChI is InChI=1S/C33H41N7O5/c1-32(2,3)45-31(43)38-14-10-24(26(18-38)23-8-6-5-7-9-23)29(41)37-16-12-33(44,13-17-37)20-39-22-35-28-25(30(39)42)11-15-40(28)27-19-36(4)21-34-27/h5-9,11,15,19,21-22,24,26,44H,10,12-14,16-18,20H2,1-4H3/t24-,26+/m1/s1. The van der Waals surface area contributed by atoms with Crippen LogP contribution in [0.25, 0.3) is 16.9 Å². The van der Waals surface area contributed by atoms with Crippen molar-refractivity contribution in [2.75, 3.05) is 26.2 Å². The third-order valence-electron chi connectivity index (χ3n) is 8.89. The van der Waals surface area contributed by atoms with Crippen LogP contribution in [-0.2, 0) is 23.1 Å². The average Bonchev–Trinajstić information content (AvgIpc) is 3.64. The molecule has 2 amide bonds. The largest absolute Gasteiger partial charge is 0.444 e. The molecule has 12 nitrogen and oxygen atoms in total. The summed E-state index contributed by atoms with van der Waals surface area (Å²) in [6.07, 6.45) is 7.61. The fraction of sp³-hybridized carbons (Fsp3) is 0.485. The number of aromatic nitrogens is 5. The van der Waals surface area contributed by atoms with Crippen molar-refractivity contribution in [1.82, 2.24) is 33.5 Å². The zero-order chi connectivity index (χ0) is 31.9. The Morgan fingerprint density at radius 2 is 1.76 bits per heavy atom. The SMILES string of the molecule is Cn1cnc(-n2ccc3c(=O)n(CC4(O)CCN(C(=O)[C@@H]5CCN(C(=O)OC(C)(C)C)C[C@H]5c5ccccc5)CC4)cnc32)c1. The molecule has 2 atom stereocenters. The Balaban J connectivity index is 1.13. The summed E-state index contributed by atoms with van der Waals surface area (Å²) in [4.78, 5) is 52.6. The Kier molecular flexibility index (Phi) is 8.02. The van der Waals surface area contributed by atoms with Crippen molar-refractivity contribution in [3.05, 3.63) is 77.4 Å². The first-order valence-electron chi connectivity index (χ1n) is 15.5. The van der Waals surface area contributed by atoms with E-state index in [-0.39, 0.29) is 35.9 Å². The highest BCUT2D eigenvalue weighted by molar-refractivity contribution is 5.81. The van der Waals surface area contributed by atoms with Gasteiger partial charge in [-0.2, -0.15) is 0 Å². The number of fused-ring (bicyclic) bond motifs is 1. The normalized spacial score (nSPS) is 20.4. The summed E-state index contributed by atoms with van der Waals surface area (Å²) in [5.41, 5.74) is -0.471. The molecule has 0 unspecified atom stereocenters. The molecule has 2 aliphatic heterocycles. The van der Waals surface area contributed by atoms with E-state index in [2.05, 4.69) is 9.97 Å². The molecule has 2 aliphatic rings. The van der Waals surface area contributed by atoms with Crippen LogP contribution in [-0.4, -0.2) is 88.0 Å². The number of aryl methyl sites for hydroxylation is 1. The van der Waals surface area contributed by atoms with E-state index >= 15 is 0 Å². The molecule has 2 fully saturated rings. The summed E-state index contributed by atoms with van der Waals surface area (Å²) < 4.78 is 10.7. The van der Waals surface area contributed by atoms with E-state index in [0.717, 1.165) is 5.56 Å². The maximum absolute atomic E-state index is 14.0. The number of rotatable bonds is 5. The second-order valence-corrected chi connectivity index (χ2v) is 13.4. The lowest BCUT2D eigenvalue weighted by Gasteiger charge is -2.43. The van der Waals surface area contributed by atoms with Crippen molar-refractivity contribution in [3.63, 3.8) is 0 Å². The van der Waals surface area contributed by atoms with Gasteiger partial charge in [-0.25, -0.2) is 14.8 Å². The van der Waals surface area contributed by atoms with Gasteiger partial charge >= 0.3 is 6.09 Å². The molecule has 3 aromatic heterocycles. The average molecular weight is 616 g/mol. The molecule has 6 rings (SSSR count). The molecule has 1 aromatic carbocycles. The van der Waals surface area contributed by atoms with Crippen molar-refractivity contribution in [1.29, 1.82) is 0 Å². The Labute approximate surface area is 261 Å². The number of nitrogens with zero attached hydrogens (tertiary/aromatic N) is 7. The quantitative estimate of drug-likeness (QED) is 0.365. The van der Waals surface area contributed by atoms with E-state index in [0.29, 0.717) is 62.3 Å². The summed E-state index contributed by atoms with van der Waals surface area (Å²) in [6, 6.07) is 11.6. The summed E-state index contributed by atoms with van der Waals surface area (Å²) in [7, 11) is 1.87. The highest BCUT2D eigenvalue weighted by atomic mass is 16.6. The second kappa shape index (κ2) is 11.8. The predicted octanol–water partition coefficient (Wildman–Crippen LogP) is 3.32. The molecule has 1 N–H and O–H groups in total. The highest BCUT2D eigenvalue weighted by Crippen LogP contribution is 2.36. The maximum Gasteiger partial charge on any atom is 0.410 e. The molecule has 0 spiro atoms. The number of amides is 2. The number of hydrogen-bond donors (Lipinski definition) is 1. The van der Waals surface area contributed by atoms with Gasteiger partial charge in [0.15, 0.2) is 11.5 Å². The van der Waals surface area contributed by atoms with Crippen molar-refractivity contribution in [3.8, 4) is 5.82 Å². The Hall–Kier alpha value is -4.45. The van der Waals surface area contributed by atoms with Gasteiger partial charge < -0.3 is 24.2 Å². The molecule has 0 saturated carbocycles. The van der Waals surface area contributed by atoms with Gasteiger partial charge in [-0.3, -0.25) is 18.7 Å². The number of carbonyl (C=O) groups is 2. The molecule has 0 bridgehead atoms. The molecular weight excluding hydrogens is 574 g/mol. The second-order valence-electron chi connectivity index (χ2n) is 13.4. The number of hydrogen-bond acceptors (Lipinski definition) is 7. The molecule has 5 heterocycles. The van der Waals surface area contributed by atoms with Crippen LogP contribution in [0.5, 0.6) is 0 Å². The summed E-state index contributed by atoms with van der Waals surface area (Å²) in [6.45, 7) is 7.22. The zero-order valence-electron chi connectivity index (χ0n) is 26.3. The van der Waals surface area contributed by atoms with Crippen LogP contribution in [0.15, 0.2) is 66.2 Å². The first kappa shape index (κ1) is 30.6. The number of ether oxygens (including phenoxy) is 1. The van der Waals surface area contributed by atoms with E-state index in [1.807, 2.05) is 73.8 Å². The number of imidazole rings is 1. The maximum atomic E-state index is 14.0. The fourth-order valence-electron chi connectivity index (χ4n) is 6.51. The first-order valence-corrected chi connectivity index (χ1v) is 15.5. The van der Waals surface area contributed by atoms with E-state index in [9.17, 15) is 19.5 Å². The van der Waals surface area contributed by atoms with Crippen LogP contribution in [0.2, 0.25) is 0 Å². The summed E-state index contributed by atoms with van der Waals surface area (Å²) in [5, 5.41) is 12.0. The number of likely N-dealkylation sites (tertiary alicyclic amines) is 2. The van der Waals surface area contributed by atoms with Gasteiger partial charge in [-0.15, -0.1) is 0 Å². The summed E-state index contributed by atoms with van der Waals surface area (Å²) >= 11 is 0. The van der Waals surface area contributed by atoms with Crippen molar-refractivity contribution in [2.45, 2.75) is 63.7 Å². The van der Waals surface area contributed by atoms with E-state index in [1.54, 1.807) is 28.1 Å². The van der Waals surface area contributed by atoms with Crippen LogP contribution in [0.1, 0.15) is 51.5 Å². The Morgan fingerprint density at radius 1 is 1.02 bits per heavy atom. The van der Waals surface area contributed by atoms with Crippen molar-refractivity contribution >= 4 is 23.0 Å². The first-order chi connectivity index (χ1) is 21.4. The van der Waals surface area contributed by atoms with Gasteiger partial charge in [-0.05, 0) is 51.7 Å². The van der Waals surface area contributed by atoms with Crippen LogP contribution in [0, 0.1) is 5.92 Å². The number of carbonyl (C=O) groups excluding carboxylic acids is 2. The highest BCUT2D eigenvalue weighted by Gasteiger charge is 2.42. The zero-order valence-corrected chi connectivity index (χ0v) is 26.3. The molecule has 2 saturated heterocycles. The topological polar surface area (TPSA) is 128 Å². The van der Waals surface area contributed by atoms with Gasteiger partial charge in [0.05, 0.1) is 23.9 Å². The molecule has 238 valence electrons. The van der Waals surface area contributed by atoms with Crippen molar-refractivity contribution < 1.29 is 19.4 Å². The van der Waals surface area contributed by atoms with E-state index in [1.165, 1.54) is 10.9 Å². The minimum absolute atomic E-state index is 0.0332. The van der Waals surface area contributed by atoms with E-state index in [4.69, 9.17) is 4.74 Å². The Morgan fingerprint density at radius 3 is 2.42 bits per heavy atom. The monoisotopic (exact) mass is 615 g/mol.